The first-order valence-corrected chi connectivity index (χ1v) is 7.27. The van der Waals surface area contributed by atoms with Crippen molar-refractivity contribution in [1.29, 1.82) is 0 Å². The van der Waals surface area contributed by atoms with Gasteiger partial charge in [0.1, 0.15) is 0 Å². The molecule has 1 N–H and O–H groups in total. The quantitative estimate of drug-likeness (QED) is 0.522. The number of hydrogen-bond acceptors (Lipinski definition) is 5. The SMILES string of the molecule is CC(C(=O)O)c1ccc(C=C2SCCC2=O)c([N+](=O)[O-])c1. The minimum absolute atomic E-state index is 0.0164. The summed E-state index contributed by atoms with van der Waals surface area (Å²) in [5.41, 5.74) is 0.495. The summed E-state index contributed by atoms with van der Waals surface area (Å²) in [5, 5.41) is 20.1. The van der Waals surface area contributed by atoms with Crippen LogP contribution in [0.15, 0.2) is 23.1 Å². The standard InChI is InChI=1S/C14H13NO5S/c1-8(14(17)18)9-2-3-10(11(6-9)15(19)20)7-13-12(16)4-5-21-13/h2-3,6-8H,4-5H2,1H3,(H,17,18). The van der Waals surface area contributed by atoms with Gasteiger partial charge in [0.25, 0.3) is 5.69 Å². The first-order chi connectivity index (χ1) is 9.90. The summed E-state index contributed by atoms with van der Waals surface area (Å²) in [6.45, 7) is 1.47. The number of thioether (sulfide) groups is 1. The molecule has 0 bridgehead atoms. The predicted octanol–water partition coefficient (Wildman–Crippen LogP) is 2.83. The van der Waals surface area contributed by atoms with Gasteiger partial charge in [0.15, 0.2) is 5.78 Å². The molecule has 2 rings (SSSR count). The molecule has 1 saturated heterocycles. The molecule has 1 aromatic rings. The summed E-state index contributed by atoms with van der Waals surface area (Å²) < 4.78 is 0. The van der Waals surface area contributed by atoms with Crippen LogP contribution in [0.25, 0.3) is 6.08 Å². The van der Waals surface area contributed by atoms with Gasteiger partial charge in [0.2, 0.25) is 0 Å². The molecule has 0 saturated carbocycles. The number of hydrogen-bond donors (Lipinski definition) is 1. The van der Waals surface area contributed by atoms with Crippen molar-refractivity contribution < 1.29 is 19.6 Å². The Morgan fingerprint density at radius 3 is 2.76 bits per heavy atom. The zero-order chi connectivity index (χ0) is 15.6. The fourth-order valence-corrected chi connectivity index (χ4v) is 2.95. The van der Waals surface area contributed by atoms with Gasteiger partial charge in [-0.1, -0.05) is 6.07 Å². The Hall–Kier alpha value is -2.15. The average molecular weight is 307 g/mol. The minimum atomic E-state index is -1.04. The van der Waals surface area contributed by atoms with Gasteiger partial charge < -0.3 is 5.11 Å². The van der Waals surface area contributed by atoms with Gasteiger partial charge in [-0.2, -0.15) is 0 Å². The van der Waals surface area contributed by atoms with Crippen molar-refractivity contribution in [3.8, 4) is 0 Å². The molecule has 1 atom stereocenters. The van der Waals surface area contributed by atoms with Gasteiger partial charge in [-0.3, -0.25) is 19.7 Å². The first-order valence-electron chi connectivity index (χ1n) is 6.29. The summed E-state index contributed by atoms with van der Waals surface area (Å²) in [6.07, 6.45) is 1.95. The van der Waals surface area contributed by atoms with Crippen LogP contribution in [0.1, 0.15) is 30.4 Å². The highest BCUT2D eigenvalue weighted by atomic mass is 32.2. The molecular formula is C14H13NO5S. The van der Waals surface area contributed by atoms with Crippen molar-refractivity contribution in [1.82, 2.24) is 0 Å². The Morgan fingerprint density at radius 2 is 2.24 bits per heavy atom. The molecule has 0 aromatic heterocycles. The van der Waals surface area contributed by atoms with E-state index in [1.54, 1.807) is 6.07 Å². The Morgan fingerprint density at radius 1 is 1.52 bits per heavy atom. The van der Waals surface area contributed by atoms with E-state index in [4.69, 9.17) is 5.11 Å². The largest absolute Gasteiger partial charge is 0.481 e. The first kappa shape index (κ1) is 15.2. The van der Waals surface area contributed by atoms with E-state index in [-0.39, 0.29) is 11.5 Å². The number of aliphatic carboxylic acids is 1. The maximum absolute atomic E-state index is 11.6. The van der Waals surface area contributed by atoms with Crippen LogP contribution < -0.4 is 0 Å². The van der Waals surface area contributed by atoms with Crippen LogP contribution in [0.2, 0.25) is 0 Å². The van der Waals surface area contributed by atoms with E-state index in [0.29, 0.717) is 28.2 Å². The number of carbonyl (C=O) groups is 2. The summed E-state index contributed by atoms with van der Waals surface area (Å²) >= 11 is 1.38. The minimum Gasteiger partial charge on any atom is -0.481 e. The second-order valence-corrected chi connectivity index (χ2v) is 5.80. The van der Waals surface area contributed by atoms with Gasteiger partial charge in [0, 0.05) is 18.2 Å². The smallest absolute Gasteiger partial charge is 0.310 e. The van der Waals surface area contributed by atoms with Crippen molar-refractivity contribution >= 4 is 35.3 Å². The maximum Gasteiger partial charge on any atom is 0.310 e. The number of nitro groups is 1. The van der Waals surface area contributed by atoms with Crippen LogP contribution in [0.4, 0.5) is 5.69 Å². The molecule has 1 aromatic carbocycles. The topological polar surface area (TPSA) is 97.5 Å². The van der Waals surface area contributed by atoms with E-state index in [1.807, 2.05) is 0 Å². The third-order valence-electron chi connectivity index (χ3n) is 3.27. The van der Waals surface area contributed by atoms with Crippen molar-refractivity contribution in [2.75, 3.05) is 5.75 Å². The van der Waals surface area contributed by atoms with Crippen molar-refractivity contribution in [2.45, 2.75) is 19.3 Å². The molecule has 0 amide bonds. The van der Waals surface area contributed by atoms with Crippen LogP contribution in [0, 0.1) is 10.1 Å². The average Bonchev–Trinajstić information content (AvgIpc) is 2.83. The second-order valence-electron chi connectivity index (χ2n) is 4.67. The van der Waals surface area contributed by atoms with E-state index in [2.05, 4.69) is 0 Å². The summed E-state index contributed by atoms with van der Waals surface area (Å²) in [4.78, 5) is 33.7. The molecule has 1 aliphatic rings. The normalized spacial score (nSPS) is 18.0. The molecule has 7 heteroatoms. The lowest BCUT2D eigenvalue weighted by Gasteiger charge is -2.07. The second kappa shape index (κ2) is 6.09. The number of nitrogens with zero attached hydrogens (tertiary/aromatic N) is 1. The summed E-state index contributed by atoms with van der Waals surface area (Å²) in [5.74, 6) is -1.20. The Kier molecular flexibility index (Phi) is 4.42. The molecule has 110 valence electrons. The van der Waals surface area contributed by atoms with Gasteiger partial charge in [-0.05, 0) is 24.6 Å². The molecule has 1 fully saturated rings. The lowest BCUT2D eigenvalue weighted by atomic mass is 9.98. The van der Waals surface area contributed by atoms with Crippen molar-refractivity contribution in [2.24, 2.45) is 0 Å². The molecule has 21 heavy (non-hydrogen) atoms. The molecular weight excluding hydrogens is 294 g/mol. The molecule has 0 radical (unpaired) electrons. The van der Waals surface area contributed by atoms with E-state index >= 15 is 0 Å². The molecule has 1 unspecified atom stereocenters. The third kappa shape index (κ3) is 3.30. The number of carbonyl (C=O) groups excluding carboxylic acids is 1. The predicted molar refractivity (Wildman–Crippen MR) is 79.2 cm³/mol. The Bertz CT molecular complexity index is 653. The monoisotopic (exact) mass is 307 g/mol. The number of rotatable bonds is 4. The van der Waals surface area contributed by atoms with Gasteiger partial charge in [-0.15, -0.1) is 11.8 Å². The number of Topliss-reactive ketones (excluding diaryl/α,β-unsaturated/α-hetero) is 1. The number of allylic oxidation sites excluding steroid dienone is 1. The number of ketones is 1. The molecule has 0 spiro atoms. The van der Waals surface area contributed by atoms with Crippen LogP contribution >= 0.6 is 11.8 Å². The Balaban J connectivity index is 2.45. The fourth-order valence-electron chi connectivity index (χ4n) is 1.97. The van der Waals surface area contributed by atoms with Crippen LogP contribution in [-0.4, -0.2) is 27.5 Å². The molecule has 1 aliphatic heterocycles. The van der Waals surface area contributed by atoms with Gasteiger partial charge in [-0.25, -0.2) is 0 Å². The summed E-state index contributed by atoms with van der Waals surface area (Å²) in [6, 6.07) is 4.30. The van der Waals surface area contributed by atoms with Gasteiger partial charge in [0.05, 0.1) is 21.3 Å². The van der Waals surface area contributed by atoms with E-state index < -0.39 is 16.8 Å². The highest BCUT2D eigenvalue weighted by Gasteiger charge is 2.22. The van der Waals surface area contributed by atoms with E-state index in [9.17, 15) is 19.7 Å². The third-order valence-corrected chi connectivity index (χ3v) is 4.33. The molecule has 0 aliphatic carbocycles. The highest BCUT2D eigenvalue weighted by molar-refractivity contribution is 8.04. The number of carboxylic acid groups (broad SMARTS) is 1. The number of carboxylic acids is 1. The highest BCUT2D eigenvalue weighted by Crippen LogP contribution is 2.32. The zero-order valence-corrected chi connectivity index (χ0v) is 12.1. The van der Waals surface area contributed by atoms with Crippen LogP contribution in [0.3, 0.4) is 0 Å². The van der Waals surface area contributed by atoms with E-state index in [0.717, 1.165) is 0 Å². The summed E-state index contributed by atoms with van der Waals surface area (Å²) in [7, 11) is 0. The van der Waals surface area contributed by atoms with Crippen molar-refractivity contribution in [3.05, 3.63) is 44.3 Å². The zero-order valence-electron chi connectivity index (χ0n) is 11.2. The fraction of sp³-hybridized carbons (Fsp3) is 0.286. The molecule has 6 nitrogen and oxygen atoms in total. The van der Waals surface area contributed by atoms with Crippen LogP contribution in [-0.2, 0) is 9.59 Å². The van der Waals surface area contributed by atoms with Gasteiger partial charge >= 0.3 is 5.97 Å². The maximum atomic E-state index is 11.6. The lowest BCUT2D eigenvalue weighted by molar-refractivity contribution is -0.385. The van der Waals surface area contributed by atoms with E-state index in [1.165, 1.54) is 36.9 Å². The Labute approximate surface area is 125 Å². The number of nitro benzene ring substituents is 1. The van der Waals surface area contributed by atoms with Crippen LogP contribution in [0.5, 0.6) is 0 Å². The molecule has 1 heterocycles. The lowest BCUT2D eigenvalue weighted by Crippen LogP contribution is -2.08. The van der Waals surface area contributed by atoms with Crippen molar-refractivity contribution in [3.63, 3.8) is 0 Å². The number of benzene rings is 1.